The van der Waals surface area contributed by atoms with E-state index in [0.29, 0.717) is 0 Å². The van der Waals surface area contributed by atoms with Crippen LogP contribution in [-0.2, 0) is 0 Å². The summed E-state index contributed by atoms with van der Waals surface area (Å²) in [6.45, 7) is 0.930. The van der Waals surface area contributed by atoms with Crippen LogP contribution in [-0.4, -0.2) is 36.2 Å². The van der Waals surface area contributed by atoms with Gasteiger partial charge in [-0.25, -0.2) is 0 Å². The monoisotopic (exact) mass is 349 g/mol. The van der Waals surface area contributed by atoms with E-state index in [1.807, 2.05) is 12.1 Å². The summed E-state index contributed by atoms with van der Waals surface area (Å²) in [5, 5.41) is 11.9. The largest absolute Gasteiger partial charge is 0.389 e. The zero-order chi connectivity index (χ0) is 18.4. The Hall–Kier alpha value is -1.90. The van der Waals surface area contributed by atoms with E-state index >= 15 is 0 Å². The standard InChI is InChI=1S/C24H31NO/c1-25(2)19-22-15-9-10-18-24(22,26)23(21-13-7-4-8-14-21)17-16-20-11-5-3-6-12-20/h3-8,11-14,16-17,22-23,26H,9-10,15,18-19H2,1-2H3. The molecule has 0 spiro atoms. The van der Waals surface area contributed by atoms with E-state index in [9.17, 15) is 5.11 Å². The molecule has 0 radical (unpaired) electrons. The summed E-state index contributed by atoms with van der Waals surface area (Å²) in [7, 11) is 4.21. The van der Waals surface area contributed by atoms with Gasteiger partial charge in [0.15, 0.2) is 0 Å². The molecule has 2 aromatic carbocycles. The fourth-order valence-electron chi connectivity index (χ4n) is 4.35. The third kappa shape index (κ3) is 4.44. The van der Waals surface area contributed by atoms with Gasteiger partial charge in [0.2, 0.25) is 0 Å². The van der Waals surface area contributed by atoms with Crippen LogP contribution < -0.4 is 0 Å². The molecular formula is C24H31NO. The number of hydrogen-bond donors (Lipinski definition) is 1. The second-order valence-electron chi connectivity index (χ2n) is 7.85. The lowest BCUT2D eigenvalue weighted by Gasteiger charge is -2.45. The summed E-state index contributed by atoms with van der Waals surface area (Å²) >= 11 is 0. The van der Waals surface area contributed by atoms with Crippen LogP contribution in [0.15, 0.2) is 66.7 Å². The first-order chi connectivity index (χ1) is 12.6. The van der Waals surface area contributed by atoms with Crippen LogP contribution in [0.4, 0.5) is 0 Å². The molecule has 1 N–H and O–H groups in total. The number of benzene rings is 2. The van der Waals surface area contributed by atoms with Crippen molar-refractivity contribution in [3.8, 4) is 0 Å². The molecule has 138 valence electrons. The molecule has 1 fully saturated rings. The van der Waals surface area contributed by atoms with Crippen molar-refractivity contribution in [1.82, 2.24) is 4.90 Å². The van der Waals surface area contributed by atoms with Crippen LogP contribution in [0.3, 0.4) is 0 Å². The highest BCUT2D eigenvalue weighted by Gasteiger charge is 2.44. The first-order valence-corrected chi connectivity index (χ1v) is 9.75. The van der Waals surface area contributed by atoms with Gasteiger partial charge in [-0.05, 0) is 38.1 Å². The number of rotatable bonds is 6. The first-order valence-electron chi connectivity index (χ1n) is 9.75. The minimum absolute atomic E-state index is 0.00848. The molecule has 3 rings (SSSR count). The molecule has 1 saturated carbocycles. The Bertz CT molecular complexity index is 695. The molecule has 0 saturated heterocycles. The summed E-state index contributed by atoms with van der Waals surface area (Å²) in [5.74, 6) is 0.297. The summed E-state index contributed by atoms with van der Waals surface area (Å²) in [5.41, 5.74) is 1.68. The van der Waals surface area contributed by atoms with E-state index in [1.54, 1.807) is 0 Å². The van der Waals surface area contributed by atoms with Crippen molar-refractivity contribution >= 4 is 6.08 Å². The van der Waals surface area contributed by atoms with Gasteiger partial charge in [-0.1, -0.05) is 85.7 Å². The van der Waals surface area contributed by atoms with E-state index in [1.165, 1.54) is 17.5 Å². The quantitative estimate of drug-likeness (QED) is 0.796. The van der Waals surface area contributed by atoms with Gasteiger partial charge in [-0.3, -0.25) is 0 Å². The van der Waals surface area contributed by atoms with Gasteiger partial charge in [0.25, 0.3) is 0 Å². The molecule has 2 nitrogen and oxygen atoms in total. The average Bonchev–Trinajstić information content (AvgIpc) is 2.65. The first kappa shape index (κ1) is 18.9. The van der Waals surface area contributed by atoms with E-state index in [-0.39, 0.29) is 11.8 Å². The van der Waals surface area contributed by atoms with Crippen molar-refractivity contribution in [2.75, 3.05) is 20.6 Å². The fourth-order valence-corrected chi connectivity index (χ4v) is 4.35. The summed E-state index contributed by atoms with van der Waals surface area (Å²) < 4.78 is 0. The van der Waals surface area contributed by atoms with Crippen molar-refractivity contribution in [3.63, 3.8) is 0 Å². The topological polar surface area (TPSA) is 23.5 Å². The van der Waals surface area contributed by atoms with Gasteiger partial charge in [0.05, 0.1) is 5.60 Å². The Kier molecular flexibility index (Phi) is 6.29. The lowest BCUT2D eigenvalue weighted by Crippen LogP contribution is -2.49. The fraction of sp³-hybridized carbons (Fsp3) is 0.417. The van der Waals surface area contributed by atoms with Crippen LogP contribution >= 0.6 is 0 Å². The van der Waals surface area contributed by atoms with Gasteiger partial charge in [0.1, 0.15) is 0 Å². The third-order valence-corrected chi connectivity index (χ3v) is 5.65. The SMILES string of the molecule is CN(C)CC1CCCCC1(O)C(C=Cc1ccccc1)c1ccccc1. The van der Waals surface area contributed by atoms with Crippen molar-refractivity contribution in [2.24, 2.45) is 5.92 Å². The van der Waals surface area contributed by atoms with Crippen LogP contribution in [0.25, 0.3) is 6.08 Å². The smallest absolute Gasteiger partial charge is 0.0790 e. The normalized spacial score (nSPS) is 24.8. The van der Waals surface area contributed by atoms with Gasteiger partial charge in [-0.2, -0.15) is 0 Å². The molecule has 2 heteroatoms. The Balaban J connectivity index is 1.97. The molecule has 1 aliphatic carbocycles. The van der Waals surface area contributed by atoms with Crippen molar-refractivity contribution in [2.45, 2.75) is 37.2 Å². The second kappa shape index (κ2) is 8.66. The molecule has 3 atom stereocenters. The molecule has 0 aromatic heterocycles. The lowest BCUT2D eigenvalue weighted by atomic mass is 9.66. The van der Waals surface area contributed by atoms with E-state index < -0.39 is 5.60 Å². The maximum absolute atomic E-state index is 11.9. The zero-order valence-corrected chi connectivity index (χ0v) is 16.0. The molecule has 26 heavy (non-hydrogen) atoms. The minimum atomic E-state index is -0.699. The predicted molar refractivity (Wildman–Crippen MR) is 110 cm³/mol. The van der Waals surface area contributed by atoms with Gasteiger partial charge in [-0.15, -0.1) is 0 Å². The van der Waals surface area contributed by atoms with Crippen LogP contribution in [0, 0.1) is 5.92 Å². The van der Waals surface area contributed by atoms with Gasteiger partial charge < -0.3 is 10.0 Å². The Morgan fingerprint density at radius 1 is 1.04 bits per heavy atom. The molecular weight excluding hydrogens is 318 g/mol. The van der Waals surface area contributed by atoms with Crippen molar-refractivity contribution in [3.05, 3.63) is 77.9 Å². The van der Waals surface area contributed by atoms with Gasteiger partial charge >= 0.3 is 0 Å². The van der Waals surface area contributed by atoms with Gasteiger partial charge in [0, 0.05) is 18.4 Å². The van der Waals surface area contributed by atoms with E-state index in [0.717, 1.165) is 25.8 Å². The van der Waals surface area contributed by atoms with E-state index in [4.69, 9.17) is 0 Å². The molecule has 0 aliphatic heterocycles. The summed E-state index contributed by atoms with van der Waals surface area (Å²) in [6.07, 6.45) is 8.66. The molecule has 3 unspecified atom stereocenters. The van der Waals surface area contributed by atoms with Crippen LogP contribution in [0.2, 0.25) is 0 Å². The zero-order valence-electron chi connectivity index (χ0n) is 16.0. The highest BCUT2D eigenvalue weighted by molar-refractivity contribution is 5.51. The Labute approximate surface area is 158 Å². The average molecular weight is 350 g/mol. The summed E-state index contributed by atoms with van der Waals surface area (Å²) in [4.78, 5) is 2.21. The minimum Gasteiger partial charge on any atom is -0.389 e. The van der Waals surface area contributed by atoms with Crippen LogP contribution in [0.5, 0.6) is 0 Å². The Morgan fingerprint density at radius 2 is 1.69 bits per heavy atom. The summed E-state index contributed by atoms with van der Waals surface area (Å²) in [6, 6.07) is 20.9. The molecule has 1 aliphatic rings. The third-order valence-electron chi connectivity index (χ3n) is 5.65. The number of hydrogen-bond acceptors (Lipinski definition) is 2. The van der Waals surface area contributed by atoms with Crippen molar-refractivity contribution in [1.29, 1.82) is 0 Å². The number of nitrogens with zero attached hydrogens (tertiary/aromatic N) is 1. The second-order valence-corrected chi connectivity index (χ2v) is 7.85. The maximum atomic E-state index is 11.9. The lowest BCUT2D eigenvalue weighted by molar-refractivity contribution is -0.0666. The maximum Gasteiger partial charge on any atom is 0.0790 e. The molecule has 0 bridgehead atoms. The molecule has 0 heterocycles. The predicted octanol–water partition coefficient (Wildman–Crippen LogP) is 4.97. The molecule has 2 aromatic rings. The highest BCUT2D eigenvalue weighted by atomic mass is 16.3. The van der Waals surface area contributed by atoms with E-state index in [2.05, 4.69) is 79.7 Å². The van der Waals surface area contributed by atoms with Crippen LogP contribution in [0.1, 0.15) is 42.7 Å². The molecule has 0 amide bonds. The van der Waals surface area contributed by atoms with Crippen molar-refractivity contribution < 1.29 is 5.11 Å². The highest BCUT2D eigenvalue weighted by Crippen LogP contribution is 2.45. The Morgan fingerprint density at radius 3 is 2.35 bits per heavy atom. The number of aliphatic hydroxyl groups is 1.